The zero-order valence-electron chi connectivity index (χ0n) is 9.18. The molecule has 0 rings (SSSR count). The van der Waals surface area contributed by atoms with Crippen LogP contribution < -0.4 is 0 Å². The Kier molecular flexibility index (Phi) is 10.9. The molecule has 0 heterocycles. The highest BCUT2D eigenvalue weighted by Crippen LogP contribution is 2.05. The van der Waals surface area contributed by atoms with Crippen LogP contribution in [0.3, 0.4) is 0 Å². The SMILES string of the molecule is C#C/C=C/C#CCCCCCCCC. The first kappa shape index (κ1) is 12.9. The molecule has 0 radical (unpaired) electrons. The minimum atomic E-state index is 1.00. The molecule has 0 bridgehead atoms. The normalized spacial score (nSPS) is 9.43. The van der Waals surface area contributed by atoms with Gasteiger partial charge in [0.25, 0.3) is 0 Å². The molecule has 0 heteroatoms. The molecule has 0 unspecified atom stereocenters. The smallest absolute Gasteiger partial charge is 0.00922 e. The Balaban J connectivity index is 3.16. The van der Waals surface area contributed by atoms with E-state index in [4.69, 9.17) is 6.42 Å². The molecule has 0 N–H and O–H groups in total. The van der Waals surface area contributed by atoms with Crippen LogP contribution in [-0.4, -0.2) is 0 Å². The Hall–Kier alpha value is -1.14. The summed E-state index contributed by atoms with van der Waals surface area (Å²) in [5, 5.41) is 0. The van der Waals surface area contributed by atoms with E-state index < -0.39 is 0 Å². The summed E-state index contributed by atoms with van der Waals surface area (Å²) >= 11 is 0. The lowest BCUT2D eigenvalue weighted by atomic mass is 10.1. The van der Waals surface area contributed by atoms with E-state index >= 15 is 0 Å². The Labute approximate surface area is 88.8 Å². The van der Waals surface area contributed by atoms with Gasteiger partial charge in [0.05, 0.1) is 0 Å². The fourth-order valence-corrected chi connectivity index (χ4v) is 1.21. The molecule has 0 amide bonds. The van der Waals surface area contributed by atoms with E-state index in [1.54, 1.807) is 12.2 Å². The van der Waals surface area contributed by atoms with Crippen LogP contribution in [0.4, 0.5) is 0 Å². The monoisotopic (exact) mass is 188 g/mol. The first-order chi connectivity index (χ1) is 6.91. The maximum absolute atomic E-state index is 5.03. The van der Waals surface area contributed by atoms with Crippen LogP contribution in [0.5, 0.6) is 0 Å². The van der Waals surface area contributed by atoms with Crippen molar-refractivity contribution in [3.8, 4) is 24.2 Å². The number of hydrogen-bond donors (Lipinski definition) is 0. The van der Waals surface area contributed by atoms with E-state index in [1.807, 2.05) is 0 Å². The third kappa shape index (κ3) is 10.9. The van der Waals surface area contributed by atoms with Gasteiger partial charge in [-0.1, -0.05) is 56.8 Å². The van der Waals surface area contributed by atoms with Crippen LogP contribution in [0.25, 0.3) is 0 Å². The van der Waals surface area contributed by atoms with Gasteiger partial charge in [-0.2, -0.15) is 0 Å². The molecule has 0 aliphatic heterocycles. The summed E-state index contributed by atoms with van der Waals surface area (Å²) < 4.78 is 0. The predicted octanol–water partition coefficient (Wildman–Crippen LogP) is 3.93. The Morgan fingerprint density at radius 2 is 1.71 bits per heavy atom. The van der Waals surface area contributed by atoms with Gasteiger partial charge in [-0.25, -0.2) is 0 Å². The van der Waals surface area contributed by atoms with Crippen molar-refractivity contribution in [2.45, 2.75) is 51.9 Å². The van der Waals surface area contributed by atoms with Gasteiger partial charge in [0.15, 0.2) is 0 Å². The molecule has 0 aromatic heterocycles. The summed E-state index contributed by atoms with van der Waals surface area (Å²) in [5.41, 5.74) is 0. The molecule has 0 saturated carbocycles. The molecule has 0 aromatic carbocycles. The quantitative estimate of drug-likeness (QED) is 0.437. The number of rotatable bonds is 6. The fourth-order valence-electron chi connectivity index (χ4n) is 1.21. The largest absolute Gasteiger partial charge is 0.115 e. The van der Waals surface area contributed by atoms with Crippen molar-refractivity contribution in [3.63, 3.8) is 0 Å². The van der Waals surface area contributed by atoms with E-state index in [1.165, 1.54) is 38.5 Å². The maximum atomic E-state index is 5.03. The number of unbranched alkanes of at least 4 members (excludes halogenated alkanes) is 6. The van der Waals surface area contributed by atoms with Crippen LogP contribution in [0.2, 0.25) is 0 Å². The van der Waals surface area contributed by atoms with Crippen molar-refractivity contribution in [2.24, 2.45) is 0 Å². The fraction of sp³-hybridized carbons (Fsp3) is 0.571. The van der Waals surface area contributed by atoms with Crippen LogP contribution >= 0.6 is 0 Å². The number of allylic oxidation sites excluding steroid dienone is 2. The van der Waals surface area contributed by atoms with Crippen molar-refractivity contribution < 1.29 is 0 Å². The van der Waals surface area contributed by atoms with Crippen molar-refractivity contribution >= 4 is 0 Å². The van der Waals surface area contributed by atoms with Crippen molar-refractivity contribution in [2.75, 3.05) is 0 Å². The highest BCUT2D eigenvalue weighted by Gasteiger charge is 1.87. The van der Waals surface area contributed by atoms with E-state index in [2.05, 4.69) is 24.7 Å². The molecule has 0 spiro atoms. The third-order valence-electron chi connectivity index (χ3n) is 2.02. The molecular formula is C14H20. The van der Waals surface area contributed by atoms with Gasteiger partial charge in [-0.3, -0.25) is 0 Å². The van der Waals surface area contributed by atoms with Crippen LogP contribution in [0, 0.1) is 24.2 Å². The molecule has 0 saturated heterocycles. The Bertz CT molecular complexity index is 229. The van der Waals surface area contributed by atoms with Gasteiger partial charge in [0.1, 0.15) is 0 Å². The van der Waals surface area contributed by atoms with Crippen molar-refractivity contribution in [3.05, 3.63) is 12.2 Å². The van der Waals surface area contributed by atoms with Crippen LogP contribution in [0.1, 0.15) is 51.9 Å². The first-order valence-electron chi connectivity index (χ1n) is 5.51. The second-order valence-electron chi connectivity index (χ2n) is 3.34. The summed E-state index contributed by atoms with van der Waals surface area (Å²) in [4.78, 5) is 0. The molecule has 0 nitrogen and oxygen atoms in total. The minimum Gasteiger partial charge on any atom is -0.115 e. The van der Waals surface area contributed by atoms with E-state index in [0.717, 1.165) is 6.42 Å². The van der Waals surface area contributed by atoms with Gasteiger partial charge in [0.2, 0.25) is 0 Å². The molecule has 14 heavy (non-hydrogen) atoms. The Morgan fingerprint density at radius 3 is 2.43 bits per heavy atom. The predicted molar refractivity (Wildman–Crippen MR) is 63.7 cm³/mol. The maximum Gasteiger partial charge on any atom is 0.00922 e. The van der Waals surface area contributed by atoms with Crippen molar-refractivity contribution in [1.82, 2.24) is 0 Å². The van der Waals surface area contributed by atoms with Gasteiger partial charge < -0.3 is 0 Å². The second-order valence-corrected chi connectivity index (χ2v) is 3.34. The molecule has 0 fully saturated rings. The second kappa shape index (κ2) is 11.9. The molecule has 0 aliphatic carbocycles. The average Bonchev–Trinajstić information content (AvgIpc) is 2.21. The molecule has 0 aliphatic rings. The molecule has 76 valence electrons. The number of hydrogen-bond acceptors (Lipinski definition) is 0. The van der Waals surface area contributed by atoms with Gasteiger partial charge in [-0.05, 0) is 18.6 Å². The standard InChI is InChI=1S/C14H20/c1-3-5-7-9-11-13-14-12-10-8-6-4-2/h1,5,7H,4,6,8,10,12-14H2,2H3/b7-5+. The average molecular weight is 188 g/mol. The van der Waals surface area contributed by atoms with Gasteiger partial charge >= 0.3 is 0 Å². The summed E-state index contributed by atoms with van der Waals surface area (Å²) in [6.07, 6.45) is 17.4. The zero-order valence-corrected chi connectivity index (χ0v) is 9.18. The number of terminal acetylenes is 1. The minimum absolute atomic E-state index is 1.00. The lowest BCUT2D eigenvalue weighted by Crippen LogP contribution is -1.77. The summed E-state index contributed by atoms with van der Waals surface area (Å²) in [6, 6.07) is 0. The van der Waals surface area contributed by atoms with E-state index in [-0.39, 0.29) is 0 Å². The molecular weight excluding hydrogens is 168 g/mol. The lowest BCUT2D eigenvalue weighted by molar-refractivity contribution is 0.614. The first-order valence-corrected chi connectivity index (χ1v) is 5.51. The van der Waals surface area contributed by atoms with Crippen molar-refractivity contribution in [1.29, 1.82) is 0 Å². The molecule has 0 atom stereocenters. The zero-order chi connectivity index (χ0) is 10.5. The highest BCUT2D eigenvalue weighted by atomic mass is 13.9. The summed E-state index contributed by atoms with van der Waals surface area (Å²) in [5.74, 6) is 8.40. The Morgan fingerprint density at radius 1 is 1.00 bits per heavy atom. The van der Waals surface area contributed by atoms with Crippen LogP contribution in [0.15, 0.2) is 12.2 Å². The van der Waals surface area contributed by atoms with Gasteiger partial charge in [-0.15, -0.1) is 6.42 Å². The van der Waals surface area contributed by atoms with Crippen LogP contribution in [-0.2, 0) is 0 Å². The third-order valence-corrected chi connectivity index (χ3v) is 2.02. The molecule has 0 aromatic rings. The van der Waals surface area contributed by atoms with E-state index in [9.17, 15) is 0 Å². The summed E-state index contributed by atoms with van der Waals surface area (Å²) in [6.45, 7) is 2.24. The van der Waals surface area contributed by atoms with Gasteiger partial charge in [0, 0.05) is 6.42 Å². The lowest BCUT2D eigenvalue weighted by Gasteiger charge is -1.96. The highest BCUT2D eigenvalue weighted by molar-refractivity contribution is 5.22. The topological polar surface area (TPSA) is 0 Å². The van der Waals surface area contributed by atoms with E-state index in [0.29, 0.717) is 0 Å². The summed E-state index contributed by atoms with van der Waals surface area (Å²) in [7, 11) is 0.